The summed E-state index contributed by atoms with van der Waals surface area (Å²) in [5, 5.41) is 9.43. The highest BCUT2D eigenvalue weighted by molar-refractivity contribution is 6.34. The molecule has 0 bridgehead atoms. The predicted octanol–water partition coefficient (Wildman–Crippen LogP) is 3.93. The average Bonchev–Trinajstić information content (AvgIpc) is 3.09. The summed E-state index contributed by atoms with van der Waals surface area (Å²) in [7, 11) is 0. The molecule has 0 amide bonds. The van der Waals surface area contributed by atoms with Crippen LogP contribution in [0.1, 0.15) is 53.4 Å². The molecule has 31 heavy (non-hydrogen) atoms. The van der Waals surface area contributed by atoms with Gasteiger partial charge in [-0.1, -0.05) is 25.5 Å². The standard InChI is InChI=1S/C24H30Cl2O5/c1-20(2)30-19-10-16-15-6-5-13-9-14(28)7-8-21(13,3)23(15,26)17(25)11-22(16,4)24(19,31-20)18(29)12-27/h7-9,15-17,19,27H,5-6,10-12H2,1-4H3/t15?,16?,17?,19-,21?,22?,23+,24-/m1/s1. The van der Waals surface area contributed by atoms with Gasteiger partial charge in [-0.25, -0.2) is 0 Å². The summed E-state index contributed by atoms with van der Waals surface area (Å²) in [6.45, 7) is 7.17. The summed E-state index contributed by atoms with van der Waals surface area (Å²) in [6, 6.07) is 0. The Bertz CT molecular complexity index is 927. The Labute approximate surface area is 193 Å². The van der Waals surface area contributed by atoms with Crippen LogP contribution in [0.2, 0.25) is 0 Å². The number of alkyl halides is 2. The Kier molecular flexibility index (Phi) is 4.59. The second-order valence-electron chi connectivity index (χ2n) is 10.9. The van der Waals surface area contributed by atoms with E-state index in [1.807, 2.05) is 19.9 Å². The van der Waals surface area contributed by atoms with Crippen LogP contribution in [0.25, 0.3) is 0 Å². The Morgan fingerprint density at radius 3 is 2.65 bits per heavy atom. The van der Waals surface area contributed by atoms with Crippen LogP contribution < -0.4 is 0 Å². The van der Waals surface area contributed by atoms with Crippen LogP contribution in [0, 0.1) is 22.7 Å². The first-order valence-electron chi connectivity index (χ1n) is 11.1. The average molecular weight is 469 g/mol. The molecule has 3 saturated carbocycles. The molecular weight excluding hydrogens is 439 g/mol. The van der Waals surface area contributed by atoms with Crippen LogP contribution in [-0.2, 0) is 19.1 Å². The number of carbonyl (C=O) groups is 2. The molecule has 0 spiro atoms. The molecule has 4 fully saturated rings. The van der Waals surface area contributed by atoms with Gasteiger partial charge in [0.2, 0.25) is 0 Å². The molecule has 0 aromatic rings. The smallest absolute Gasteiger partial charge is 0.193 e. The molecule has 1 heterocycles. The van der Waals surface area contributed by atoms with Gasteiger partial charge in [0.05, 0.1) is 16.4 Å². The fourth-order valence-electron chi connectivity index (χ4n) is 7.86. The van der Waals surface area contributed by atoms with Crippen molar-refractivity contribution in [1.29, 1.82) is 0 Å². The quantitative estimate of drug-likeness (QED) is 0.621. The van der Waals surface area contributed by atoms with Gasteiger partial charge in [0.1, 0.15) is 6.61 Å². The lowest BCUT2D eigenvalue weighted by Crippen LogP contribution is -2.68. The van der Waals surface area contributed by atoms with Crippen molar-refractivity contribution in [1.82, 2.24) is 0 Å². The SMILES string of the molecule is CC1(C)O[C@@H]2CC3C4CCC5=CC(=O)C=CC5(C)[C@@]4(Cl)C(Cl)CC3(C)[C@]2(C(=O)CO)O1. The molecule has 1 N–H and O–H groups in total. The first-order chi connectivity index (χ1) is 14.4. The van der Waals surface area contributed by atoms with Crippen LogP contribution in [0.15, 0.2) is 23.8 Å². The number of rotatable bonds is 2. The van der Waals surface area contributed by atoms with E-state index < -0.39 is 45.2 Å². The first kappa shape index (κ1) is 22.1. The predicted molar refractivity (Wildman–Crippen MR) is 117 cm³/mol. The maximum atomic E-state index is 13.3. The summed E-state index contributed by atoms with van der Waals surface area (Å²) in [5.74, 6) is -1.21. The van der Waals surface area contributed by atoms with Crippen LogP contribution >= 0.6 is 23.2 Å². The largest absolute Gasteiger partial charge is 0.388 e. The molecule has 5 rings (SSSR count). The van der Waals surface area contributed by atoms with E-state index in [0.29, 0.717) is 12.8 Å². The maximum absolute atomic E-state index is 13.3. The zero-order valence-corrected chi connectivity index (χ0v) is 19.9. The van der Waals surface area contributed by atoms with Crippen LogP contribution in [0.3, 0.4) is 0 Å². The minimum Gasteiger partial charge on any atom is -0.388 e. The Morgan fingerprint density at radius 1 is 1.26 bits per heavy atom. The third kappa shape index (κ3) is 2.45. The number of ketones is 2. The number of halogens is 2. The van der Waals surface area contributed by atoms with E-state index in [1.165, 1.54) is 0 Å². The highest BCUT2D eigenvalue weighted by Gasteiger charge is 2.79. The Hall–Kier alpha value is -0.720. The van der Waals surface area contributed by atoms with E-state index in [2.05, 4.69) is 13.8 Å². The third-order valence-electron chi connectivity index (χ3n) is 9.15. The van der Waals surface area contributed by atoms with E-state index in [1.54, 1.807) is 12.2 Å². The molecule has 0 aromatic carbocycles. The van der Waals surface area contributed by atoms with Gasteiger partial charge >= 0.3 is 0 Å². The van der Waals surface area contributed by atoms with Gasteiger partial charge in [-0.15, -0.1) is 23.2 Å². The van der Waals surface area contributed by atoms with Crippen molar-refractivity contribution in [2.24, 2.45) is 22.7 Å². The minimum absolute atomic E-state index is 0.00936. The lowest BCUT2D eigenvalue weighted by atomic mass is 9.46. The molecule has 0 aromatic heterocycles. The number of aliphatic hydroxyl groups excluding tert-OH is 1. The molecule has 5 aliphatic rings. The van der Waals surface area contributed by atoms with Crippen molar-refractivity contribution in [3.8, 4) is 0 Å². The maximum Gasteiger partial charge on any atom is 0.193 e. The minimum atomic E-state index is -1.24. The van der Waals surface area contributed by atoms with E-state index in [0.717, 1.165) is 18.4 Å². The molecule has 8 atom stereocenters. The fraction of sp³-hybridized carbons (Fsp3) is 0.750. The van der Waals surface area contributed by atoms with Gasteiger partial charge in [-0.3, -0.25) is 9.59 Å². The Morgan fingerprint density at radius 2 is 1.97 bits per heavy atom. The van der Waals surface area contributed by atoms with Crippen molar-refractivity contribution in [2.75, 3.05) is 6.61 Å². The number of ether oxygens (including phenoxy) is 2. The summed E-state index contributed by atoms with van der Waals surface area (Å²) >= 11 is 14.7. The monoisotopic (exact) mass is 468 g/mol. The molecule has 5 unspecified atom stereocenters. The number of carbonyl (C=O) groups excluding carboxylic acids is 2. The molecule has 5 nitrogen and oxygen atoms in total. The molecule has 1 saturated heterocycles. The zero-order valence-electron chi connectivity index (χ0n) is 18.4. The van der Waals surface area contributed by atoms with E-state index in [-0.39, 0.29) is 23.4 Å². The van der Waals surface area contributed by atoms with Gasteiger partial charge in [-0.2, -0.15) is 0 Å². The van der Waals surface area contributed by atoms with Crippen molar-refractivity contribution < 1.29 is 24.2 Å². The molecule has 4 aliphatic carbocycles. The highest BCUT2D eigenvalue weighted by atomic mass is 35.5. The van der Waals surface area contributed by atoms with Crippen molar-refractivity contribution >= 4 is 34.8 Å². The van der Waals surface area contributed by atoms with Crippen LogP contribution in [-0.4, -0.2) is 51.0 Å². The lowest BCUT2D eigenvalue weighted by Gasteiger charge is -2.64. The molecule has 0 radical (unpaired) electrons. The van der Waals surface area contributed by atoms with Gasteiger partial charge in [0.15, 0.2) is 23.0 Å². The third-order valence-corrected chi connectivity index (χ3v) is 10.7. The molecule has 7 heteroatoms. The van der Waals surface area contributed by atoms with E-state index in [9.17, 15) is 14.7 Å². The van der Waals surface area contributed by atoms with Gasteiger partial charge in [0, 0.05) is 10.8 Å². The number of allylic oxidation sites excluding steroid dienone is 4. The summed E-state index contributed by atoms with van der Waals surface area (Å²) in [5.41, 5.74) is -1.36. The van der Waals surface area contributed by atoms with Crippen LogP contribution in [0.5, 0.6) is 0 Å². The van der Waals surface area contributed by atoms with Crippen molar-refractivity contribution in [2.45, 2.75) is 81.1 Å². The first-order valence-corrected chi connectivity index (χ1v) is 12.0. The number of hydrogen-bond acceptors (Lipinski definition) is 5. The van der Waals surface area contributed by atoms with Gasteiger partial charge in [-0.05, 0) is 63.5 Å². The normalized spacial score (nSPS) is 52.1. The summed E-state index contributed by atoms with van der Waals surface area (Å²) in [4.78, 5) is 24.5. The lowest BCUT2D eigenvalue weighted by molar-refractivity contribution is -0.213. The number of aliphatic hydroxyl groups is 1. The molecule has 170 valence electrons. The van der Waals surface area contributed by atoms with E-state index in [4.69, 9.17) is 32.7 Å². The molecule has 1 aliphatic heterocycles. The second-order valence-corrected chi connectivity index (χ2v) is 12.0. The fourth-order valence-corrected chi connectivity index (χ4v) is 9.09. The van der Waals surface area contributed by atoms with Crippen molar-refractivity contribution in [3.05, 3.63) is 23.8 Å². The highest BCUT2D eigenvalue weighted by Crippen LogP contribution is 2.73. The number of Topliss-reactive ketones (excluding diaryl/α,β-unsaturated/α-hetero) is 1. The summed E-state index contributed by atoms with van der Waals surface area (Å²) < 4.78 is 12.6. The van der Waals surface area contributed by atoms with Gasteiger partial charge in [0.25, 0.3) is 0 Å². The summed E-state index contributed by atoms with van der Waals surface area (Å²) in [6.07, 6.45) is 7.44. The second kappa shape index (κ2) is 6.44. The molecular formula is C24H30Cl2O5. The van der Waals surface area contributed by atoms with Crippen LogP contribution in [0.4, 0.5) is 0 Å². The Balaban J connectivity index is 1.64. The van der Waals surface area contributed by atoms with Gasteiger partial charge < -0.3 is 14.6 Å². The topological polar surface area (TPSA) is 72.8 Å². The van der Waals surface area contributed by atoms with E-state index >= 15 is 0 Å². The number of fused-ring (bicyclic) bond motifs is 7. The number of hydrogen-bond donors (Lipinski definition) is 1. The van der Waals surface area contributed by atoms with Crippen molar-refractivity contribution in [3.63, 3.8) is 0 Å². The zero-order chi connectivity index (χ0) is 22.6.